The summed E-state index contributed by atoms with van der Waals surface area (Å²) in [6, 6.07) is 17.9. The summed E-state index contributed by atoms with van der Waals surface area (Å²) in [7, 11) is 1.15. The summed E-state index contributed by atoms with van der Waals surface area (Å²) in [4.78, 5) is 42.1. The van der Waals surface area contributed by atoms with Gasteiger partial charge in [0.05, 0.1) is 12.7 Å². The van der Waals surface area contributed by atoms with Crippen LogP contribution in [0.3, 0.4) is 0 Å². The minimum absolute atomic E-state index is 0.108. The van der Waals surface area contributed by atoms with Gasteiger partial charge in [-0.2, -0.15) is 13.2 Å². The van der Waals surface area contributed by atoms with Gasteiger partial charge in [0.25, 0.3) is 5.91 Å². The van der Waals surface area contributed by atoms with E-state index in [2.05, 4.69) is 15.6 Å². The van der Waals surface area contributed by atoms with E-state index in [9.17, 15) is 27.6 Å². The number of carbonyl (C=O) groups excluding carboxylic acids is 3. The van der Waals surface area contributed by atoms with Crippen molar-refractivity contribution >= 4 is 28.7 Å². The van der Waals surface area contributed by atoms with E-state index in [1.165, 1.54) is 12.1 Å². The van der Waals surface area contributed by atoms with Crippen LogP contribution >= 0.6 is 0 Å². The lowest BCUT2D eigenvalue weighted by Gasteiger charge is -2.22. The molecule has 0 saturated heterocycles. The van der Waals surface area contributed by atoms with E-state index >= 15 is 0 Å². The first-order chi connectivity index (χ1) is 18.7. The lowest BCUT2D eigenvalue weighted by atomic mass is 10.0. The van der Waals surface area contributed by atoms with Gasteiger partial charge in [0.1, 0.15) is 12.1 Å². The van der Waals surface area contributed by atoms with Gasteiger partial charge in [-0.05, 0) is 41.5 Å². The normalized spacial score (nSPS) is 12.9. The van der Waals surface area contributed by atoms with Crippen molar-refractivity contribution in [2.45, 2.75) is 31.1 Å². The number of methoxy groups -OCH3 is 1. The number of halogens is 3. The number of para-hydroxylation sites is 1. The number of aromatic amines is 1. The van der Waals surface area contributed by atoms with E-state index in [0.29, 0.717) is 11.1 Å². The maximum absolute atomic E-state index is 13.5. The zero-order valence-corrected chi connectivity index (χ0v) is 20.9. The largest absolute Gasteiger partial charge is 0.467 e. The van der Waals surface area contributed by atoms with Crippen LogP contribution in [0.15, 0.2) is 85.1 Å². The second-order valence-corrected chi connectivity index (χ2v) is 8.94. The summed E-state index contributed by atoms with van der Waals surface area (Å²) in [5.74, 6) is -1.90. The number of alkyl halides is 3. The number of fused-ring (bicyclic) bond motifs is 1. The van der Waals surface area contributed by atoms with E-state index in [4.69, 9.17) is 4.74 Å². The van der Waals surface area contributed by atoms with Crippen molar-refractivity contribution in [2.24, 2.45) is 0 Å². The Morgan fingerprint density at radius 3 is 2.18 bits per heavy atom. The number of esters is 1. The number of rotatable bonds is 9. The molecule has 0 saturated carbocycles. The van der Waals surface area contributed by atoms with Gasteiger partial charge in [0, 0.05) is 35.5 Å². The van der Waals surface area contributed by atoms with Gasteiger partial charge < -0.3 is 20.4 Å². The number of H-pyrrole nitrogens is 1. The van der Waals surface area contributed by atoms with Gasteiger partial charge in [0.15, 0.2) is 0 Å². The predicted molar refractivity (Wildman–Crippen MR) is 139 cm³/mol. The molecule has 0 radical (unpaired) electrons. The second kappa shape index (κ2) is 11.8. The van der Waals surface area contributed by atoms with Crippen LogP contribution in [0, 0.1) is 0 Å². The smallest absolute Gasteiger partial charge is 0.416 e. The topological polar surface area (TPSA) is 100 Å². The zero-order chi connectivity index (χ0) is 28.0. The third-order valence-electron chi connectivity index (χ3n) is 6.28. The zero-order valence-electron chi connectivity index (χ0n) is 20.9. The standard InChI is InChI=1S/C29H26F3N3O4/c1-39-28(38)25(15-18-11-13-21(14-12-18)29(30,31)32)35-27(37)24(34-26(36)19-7-3-2-4-8-19)16-20-17-33-23-10-6-5-9-22(20)23/h2-14,17,24-25,33H,15-16H2,1H3,(H,34,36)(H,35,37)/t24-,25+/m0/s1. The molecule has 0 aliphatic heterocycles. The number of nitrogens with one attached hydrogen (secondary N) is 3. The summed E-state index contributed by atoms with van der Waals surface area (Å²) in [5, 5.41) is 6.24. The lowest BCUT2D eigenvalue weighted by Crippen LogP contribution is -2.53. The van der Waals surface area contributed by atoms with E-state index in [0.717, 1.165) is 35.7 Å². The molecule has 202 valence electrons. The number of hydrogen-bond acceptors (Lipinski definition) is 4. The first-order valence-corrected chi connectivity index (χ1v) is 12.1. The molecule has 0 bridgehead atoms. The molecule has 0 aliphatic rings. The Balaban J connectivity index is 1.57. The van der Waals surface area contributed by atoms with Crippen LogP contribution in [0.5, 0.6) is 0 Å². The lowest BCUT2D eigenvalue weighted by molar-refractivity contribution is -0.145. The molecule has 7 nitrogen and oxygen atoms in total. The highest BCUT2D eigenvalue weighted by molar-refractivity contribution is 5.98. The summed E-state index contributed by atoms with van der Waals surface area (Å²) in [6.07, 6.45) is -2.74. The number of hydrogen-bond donors (Lipinski definition) is 3. The van der Waals surface area contributed by atoms with E-state index in [-0.39, 0.29) is 12.8 Å². The van der Waals surface area contributed by atoms with Crippen molar-refractivity contribution in [2.75, 3.05) is 7.11 Å². The van der Waals surface area contributed by atoms with Crippen molar-refractivity contribution in [3.05, 3.63) is 107 Å². The van der Waals surface area contributed by atoms with E-state index < -0.39 is 41.6 Å². The highest BCUT2D eigenvalue weighted by Gasteiger charge is 2.31. The molecule has 39 heavy (non-hydrogen) atoms. The molecular weight excluding hydrogens is 511 g/mol. The first-order valence-electron chi connectivity index (χ1n) is 12.1. The molecule has 0 unspecified atom stereocenters. The maximum Gasteiger partial charge on any atom is 0.416 e. The monoisotopic (exact) mass is 537 g/mol. The molecule has 10 heteroatoms. The van der Waals surface area contributed by atoms with Crippen LogP contribution in [0.25, 0.3) is 10.9 Å². The molecule has 1 heterocycles. The minimum Gasteiger partial charge on any atom is -0.467 e. The average Bonchev–Trinajstić information content (AvgIpc) is 3.34. The molecule has 4 rings (SSSR count). The number of carbonyl (C=O) groups is 3. The second-order valence-electron chi connectivity index (χ2n) is 8.94. The van der Waals surface area contributed by atoms with Gasteiger partial charge in [-0.1, -0.05) is 48.5 Å². The molecule has 3 N–H and O–H groups in total. The van der Waals surface area contributed by atoms with Gasteiger partial charge in [0.2, 0.25) is 5.91 Å². The number of benzene rings is 3. The molecule has 3 aromatic carbocycles. The van der Waals surface area contributed by atoms with Crippen LogP contribution in [0.1, 0.15) is 27.0 Å². The Morgan fingerprint density at radius 1 is 0.846 bits per heavy atom. The van der Waals surface area contributed by atoms with Gasteiger partial charge >= 0.3 is 12.1 Å². The fraction of sp³-hybridized carbons (Fsp3) is 0.207. The van der Waals surface area contributed by atoms with Crippen molar-refractivity contribution in [3.8, 4) is 0 Å². The molecule has 2 amide bonds. The SMILES string of the molecule is COC(=O)[C@@H](Cc1ccc(C(F)(F)F)cc1)NC(=O)[C@H](Cc1c[nH]c2ccccc12)NC(=O)c1ccccc1. The van der Waals surface area contributed by atoms with Crippen molar-refractivity contribution in [1.82, 2.24) is 15.6 Å². The highest BCUT2D eigenvalue weighted by atomic mass is 19.4. The minimum atomic E-state index is -4.50. The molecule has 1 aromatic heterocycles. The summed E-state index contributed by atoms with van der Waals surface area (Å²) in [6.45, 7) is 0. The summed E-state index contributed by atoms with van der Waals surface area (Å²) < 4.78 is 43.6. The van der Waals surface area contributed by atoms with Gasteiger partial charge in [-0.25, -0.2) is 4.79 Å². The van der Waals surface area contributed by atoms with Crippen molar-refractivity contribution in [1.29, 1.82) is 0 Å². The van der Waals surface area contributed by atoms with Gasteiger partial charge in [-0.15, -0.1) is 0 Å². The fourth-order valence-electron chi connectivity index (χ4n) is 4.23. The predicted octanol–water partition coefficient (Wildman–Crippen LogP) is 4.43. The summed E-state index contributed by atoms with van der Waals surface area (Å²) in [5.41, 5.74) is 1.54. The number of aromatic nitrogens is 1. The van der Waals surface area contributed by atoms with Gasteiger partial charge in [-0.3, -0.25) is 9.59 Å². The molecule has 0 aliphatic carbocycles. The van der Waals surface area contributed by atoms with Crippen LogP contribution in [0.2, 0.25) is 0 Å². The van der Waals surface area contributed by atoms with E-state index in [1.807, 2.05) is 24.3 Å². The Kier molecular flexibility index (Phi) is 8.33. The molecular formula is C29H26F3N3O4. The fourth-order valence-corrected chi connectivity index (χ4v) is 4.23. The van der Waals surface area contributed by atoms with Crippen LogP contribution in [-0.2, 0) is 33.3 Å². The van der Waals surface area contributed by atoms with Crippen molar-refractivity contribution in [3.63, 3.8) is 0 Å². The number of ether oxygens (including phenoxy) is 1. The molecule has 4 aromatic rings. The Labute approximate surface area is 222 Å². The third kappa shape index (κ3) is 6.84. The first kappa shape index (κ1) is 27.4. The highest BCUT2D eigenvalue weighted by Crippen LogP contribution is 2.29. The van der Waals surface area contributed by atoms with E-state index in [1.54, 1.807) is 36.5 Å². The van der Waals surface area contributed by atoms with Crippen LogP contribution in [0.4, 0.5) is 13.2 Å². The Bertz CT molecular complexity index is 1450. The molecule has 0 spiro atoms. The van der Waals surface area contributed by atoms with Crippen molar-refractivity contribution < 1.29 is 32.3 Å². The Hall–Kier alpha value is -4.60. The maximum atomic E-state index is 13.5. The Morgan fingerprint density at radius 2 is 1.51 bits per heavy atom. The number of amides is 2. The molecule has 0 fully saturated rings. The third-order valence-corrected chi connectivity index (χ3v) is 6.28. The quantitative estimate of drug-likeness (QED) is 0.275. The van der Waals surface area contributed by atoms with Crippen LogP contribution < -0.4 is 10.6 Å². The van der Waals surface area contributed by atoms with Crippen LogP contribution in [-0.4, -0.2) is 42.0 Å². The average molecular weight is 538 g/mol. The molecule has 2 atom stereocenters. The summed E-state index contributed by atoms with van der Waals surface area (Å²) >= 11 is 0.